The van der Waals surface area contributed by atoms with E-state index in [1.807, 2.05) is 0 Å². The Kier molecular flexibility index (Phi) is 1.000. The van der Waals surface area contributed by atoms with Crippen molar-refractivity contribution in [3.05, 3.63) is 0 Å². The molecule has 3 atom stereocenters. The van der Waals surface area contributed by atoms with Crippen LogP contribution >= 0.6 is 0 Å². The standard InChI is InChI=1S/C7H10N2/c8-4-5-1-2-6-7(3-5)9-6/h5-7,9H,1-3H2. The summed E-state index contributed by atoms with van der Waals surface area (Å²) in [7, 11) is 0. The molecule has 1 N–H and O–H groups in total. The molecule has 1 aliphatic carbocycles. The van der Waals surface area contributed by atoms with Gasteiger partial charge in [-0.15, -0.1) is 0 Å². The number of fused-ring (bicyclic) bond motifs is 1. The summed E-state index contributed by atoms with van der Waals surface area (Å²) in [4.78, 5) is 0. The topological polar surface area (TPSA) is 45.7 Å². The number of rotatable bonds is 0. The predicted molar refractivity (Wildman–Crippen MR) is 33.7 cm³/mol. The Morgan fingerprint density at radius 2 is 2.22 bits per heavy atom. The van der Waals surface area contributed by atoms with Crippen molar-refractivity contribution in [1.82, 2.24) is 5.32 Å². The molecule has 1 aliphatic heterocycles. The second-order valence-corrected chi connectivity index (χ2v) is 3.02. The first-order chi connectivity index (χ1) is 4.40. The van der Waals surface area contributed by atoms with Crippen molar-refractivity contribution in [2.24, 2.45) is 5.92 Å². The van der Waals surface area contributed by atoms with Gasteiger partial charge in [-0.3, -0.25) is 0 Å². The Bertz CT molecular complexity index is 159. The fraction of sp³-hybridized carbons (Fsp3) is 0.857. The molecule has 0 amide bonds. The van der Waals surface area contributed by atoms with Crippen LogP contribution in [0.5, 0.6) is 0 Å². The van der Waals surface area contributed by atoms with Gasteiger partial charge in [-0.1, -0.05) is 0 Å². The lowest BCUT2D eigenvalue weighted by Crippen LogP contribution is -2.11. The van der Waals surface area contributed by atoms with Crippen molar-refractivity contribution >= 4 is 0 Å². The largest absolute Gasteiger partial charge is 0.308 e. The SMILES string of the molecule is N#CC1CCC2NC2C1. The molecule has 9 heavy (non-hydrogen) atoms. The van der Waals surface area contributed by atoms with E-state index in [1.165, 1.54) is 6.42 Å². The highest BCUT2D eigenvalue weighted by Crippen LogP contribution is 2.32. The van der Waals surface area contributed by atoms with Crippen LogP contribution in [-0.2, 0) is 0 Å². The van der Waals surface area contributed by atoms with Crippen LogP contribution in [0.4, 0.5) is 0 Å². The van der Waals surface area contributed by atoms with Gasteiger partial charge in [0.2, 0.25) is 0 Å². The summed E-state index contributed by atoms with van der Waals surface area (Å²) in [6, 6.07) is 3.82. The minimum atomic E-state index is 0.348. The summed E-state index contributed by atoms with van der Waals surface area (Å²) < 4.78 is 0. The molecule has 1 saturated heterocycles. The number of nitrogens with zero attached hydrogens (tertiary/aromatic N) is 1. The zero-order chi connectivity index (χ0) is 6.27. The minimum Gasteiger partial charge on any atom is -0.308 e. The molecule has 0 spiro atoms. The highest BCUT2D eigenvalue weighted by molar-refractivity contribution is 5.06. The van der Waals surface area contributed by atoms with Crippen molar-refractivity contribution in [3.63, 3.8) is 0 Å². The molecule has 0 bridgehead atoms. The first-order valence-corrected chi connectivity index (χ1v) is 3.56. The average molecular weight is 122 g/mol. The molecule has 0 aromatic heterocycles. The molecule has 0 radical (unpaired) electrons. The maximum absolute atomic E-state index is 8.55. The van der Waals surface area contributed by atoms with Crippen LogP contribution in [-0.4, -0.2) is 12.1 Å². The van der Waals surface area contributed by atoms with Gasteiger partial charge >= 0.3 is 0 Å². The van der Waals surface area contributed by atoms with E-state index in [2.05, 4.69) is 11.4 Å². The van der Waals surface area contributed by atoms with Crippen LogP contribution in [0.3, 0.4) is 0 Å². The molecule has 2 nitrogen and oxygen atoms in total. The molecule has 1 heterocycles. The third-order valence-corrected chi connectivity index (χ3v) is 2.35. The van der Waals surface area contributed by atoms with E-state index < -0.39 is 0 Å². The zero-order valence-electron chi connectivity index (χ0n) is 5.30. The molecule has 3 unspecified atom stereocenters. The van der Waals surface area contributed by atoms with Gasteiger partial charge in [0.25, 0.3) is 0 Å². The maximum atomic E-state index is 8.55. The van der Waals surface area contributed by atoms with E-state index in [0.29, 0.717) is 12.0 Å². The lowest BCUT2D eigenvalue weighted by Gasteiger charge is -2.10. The Morgan fingerprint density at radius 1 is 1.33 bits per heavy atom. The number of hydrogen-bond acceptors (Lipinski definition) is 2. The Balaban J connectivity index is 1.95. The van der Waals surface area contributed by atoms with Crippen molar-refractivity contribution in [1.29, 1.82) is 5.26 Å². The van der Waals surface area contributed by atoms with Crippen molar-refractivity contribution < 1.29 is 0 Å². The Morgan fingerprint density at radius 3 is 2.89 bits per heavy atom. The van der Waals surface area contributed by atoms with E-state index >= 15 is 0 Å². The first-order valence-electron chi connectivity index (χ1n) is 3.56. The van der Waals surface area contributed by atoms with E-state index in [0.717, 1.165) is 18.9 Å². The van der Waals surface area contributed by atoms with Crippen LogP contribution < -0.4 is 5.32 Å². The van der Waals surface area contributed by atoms with Crippen molar-refractivity contribution in [2.45, 2.75) is 31.3 Å². The monoisotopic (exact) mass is 122 g/mol. The average Bonchev–Trinajstić information content (AvgIpc) is 2.64. The summed E-state index contributed by atoms with van der Waals surface area (Å²) in [5.74, 6) is 0.348. The normalized spacial score (nSPS) is 47.2. The van der Waals surface area contributed by atoms with Gasteiger partial charge in [-0.2, -0.15) is 5.26 Å². The third kappa shape index (κ3) is 0.818. The highest BCUT2D eigenvalue weighted by Gasteiger charge is 2.41. The van der Waals surface area contributed by atoms with Crippen molar-refractivity contribution in [3.8, 4) is 6.07 Å². The fourth-order valence-electron chi connectivity index (χ4n) is 1.66. The summed E-state index contributed by atoms with van der Waals surface area (Å²) in [6.07, 6.45) is 3.44. The van der Waals surface area contributed by atoms with E-state index in [-0.39, 0.29) is 0 Å². The van der Waals surface area contributed by atoms with E-state index in [9.17, 15) is 0 Å². The van der Waals surface area contributed by atoms with Crippen LogP contribution in [0.1, 0.15) is 19.3 Å². The number of hydrogen-bond donors (Lipinski definition) is 1. The van der Waals surface area contributed by atoms with Gasteiger partial charge in [0.1, 0.15) is 0 Å². The summed E-state index contributed by atoms with van der Waals surface area (Å²) in [6.45, 7) is 0. The van der Waals surface area contributed by atoms with Gasteiger partial charge < -0.3 is 5.32 Å². The summed E-state index contributed by atoms with van der Waals surface area (Å²) in [5.41, 5.74) is 0. The Hall–Kier alpha value is -0.550. The van der Waals surface area contributed by atoms with Crippen LogP contribution in [0.2, 0.25) is 0 Å². The summed E-state index contributed by atoms with van der Waals surface area (Å²) in [5, 5.41) is 11.9. The fourth-order valence-corrected chi connectivity index (χ4v) is 1.66. The predicted octanol–water partition coefficient (Wildman–Crippen LogP) is 0.650. The molecule has 48 valence electrons. The first kappa shape index (κ1) is 5.25. The van der Waals surface area contributed by atoms with Crippen LogP contribution in [0, 0.1) is 17.2 Å². The molecular weight excluding hydrogens is 112 g/mol. The van der Waals surface area contributed by atoms with Crippen LogP contribution in [0.25, 0.3) is 0 Å². The molecule has 0 aromatic rings. The lowest BCUT2D eigenvalue weighted by atomic mass is 9.91. The van der Waals surface area contributed by atoms with Crippen LogP contribution in [0.15, 0.2) is 0 Å². The quantitative estimate of drug-likeness (QED) is 0.479. The third-order valence-electron chi connectivity index (χ3n) is 2.35. The van der Waals surface area contributed by atoms with Gasteiger partial charge in [0.05, 0.1) is 6.07 Å². The molecule has 0 aromatic carbocycles. The van der Waals surface area contributed by atoms with Gasteiger partial charge in [0, 0.05) is 18.0 Å². The molecule has 2 aliphatic rings. The van der Waals surface area contributed by atoms with E-state index in [4.69, 9.17) is 5.26 Å². The lowest BCUT2D eigenvalue weighted by molar-refractivity contribution is 0.478. The van der Waals surface area contributed by atoms with Crippen molar-refractivity contribution in [2.75, 3.05) is 0 Å². The smallest absolute Gasteiger partial charge is 0.0656 e. The Labute approximate surface area is 54.9 Å². The summed E-state index contributed by atoms with van der Waals surface area (Å²) >= 11 is 0. The maximum Gasteiger partial charge on any atom is 0.0656 e. The van der Waals surface area contributed by atoms with Gasteiger partial charge in [-0.05, 0) is 19.3 Å². The van der Waals surface area contributed by atoms with Gasteiger partial charge in [0.15, 0.2) is 0 Å². The molecule has 1 saturated carbocycles. The zero-order valence-corrected chi connectivity index (χ0v) is 5.30. The molecule has 2 fully saturated rings. The molecule has 2 rings (SSSR count). The minimum absolute atomic E-state index is 0.348. The molecule has 2 heteroatoms. The second kappa shape index (κ2) is 1.71. The molecular formula is C7H10N2. The van der Waals surface area contributed by atoms with Gasteiger partial charge in [-0.25, -0.2) is 0 Å². The van der Waals surface area contributed by atoms with E-state index in [1.54, 1.807) is 0 Å². The number of nitriles is 1. The highest BCUT2D eigenvalue weighted by atomic mass is 15.1. The number of nitrogens with one attached hydrogen (secondary N) is 1. The second-order valence-electron chi connectivity index (χ2n) is 3.02.